The largest absolute Gasteiger partial charge is 0.376 e. The highest BCUT2D eigenvalue weighted by Crippen LogP contribution is 2.25. The van der Waals surface area contributed by atoms with Gasteiger partial charge in [0.15, 0.2) is 0 Å². The lowest BCUT2D eigenvalue weighted by Gasteiger charge is -2.14. The first-order valence-electron chi connectivity index (χ1n) is 11.4. The van der Waals surface area contributed by atoms with Crippen LogP contribution in [0.25, 0.3) is 0 Å². The molecule has 2 amide bonds. The van der Waals surface area contributed by atoms with Crippen molar-refractivity contribution >= 4 is 44.8 Å². The molecule has 0 saturated carbocycles. The third kappa shape index (κ3) is 6.23. The van der Waals surface area contributed by atoms with Crippen molar-refractivity contribution in [3.05, 3.63) is 88.4 Å². The summed E-state index contributed by atoms with van der Waals surface area (Å²) in [7, 11) is -3.82. The Hall–Kier alpha value is -3.40. The van der Waals surface area contributed by atoms with E-state index in [1.807, 2.05) is 6.92 Å². The number of hydrogen-bond acceptors (Lipinski definition) is 5. The van der Waals surface area contributed by atoms with Gasteiger partial charge < -0.3 is 15.4 Å². The van der Waals surface area contributed by atoms with Crippen molar-refractivity contribution in [2.24, 2.45) is 0 Å². The number of para-hydroxylation sites is 1. The number of rotatable bonds is 8. The van der Waals surface area contributed by atoms with Gasteiger partial charge in [-0.15, -0.1) is 0 Å². The molecule has 4 rings (SSSR count). The van der Waals surface area contributed by atoms with Crippen LogP contribution in [0, 0.1) is 6.92 Å². The van der Waals surface area contributed by atoms with Gasteiger partial charge in [0, 0.05) is 13.2 Å². The van der Waals surface area contributed by atoms with E-state index in [0.29, 0.717) is 24.4 Å². The summed E-state index contributed by atoms with van der Waals surface area (Å²) >= 11 is 6.32. The summed E-state index contributed by atoms with van der Waals surface area (Å²) in [5, 5.41) is 5.62. The van der Waals surface area contributed by atoms with Crippen molar-refractivity contribution in [1.29, 1.82) is 0 Å². The molecule has 1 heterocycles. The van der Waals surface area contributed by atoms with Crippen LogP contribution in [0.4, 0.5) is 11.4 Å². The van der Waals surface area contributed by atoms with Gasteiger partial charge in [0.25, 0.3) is 21.8 Å². The molecule has 10 heteroatoms. The molecule has 188 valence electrons. The molecule has 0 bridgehead atoms. The topological polar surface area (TPSA) is 114 Å². The zero-order chi connectivity index (χ0) is 25.7. The van der Waals surface area contributed by atoms with Crippen LogP contribution in [-0.2, 0) is 14.8 Å². The average Bonchev–Trinajstić information content (AvgIpc) is 3.37. The number of aryl methyl sites for hydroxylation is 1. The molecule has 8 nitrogen and oxygen atoms in total. The molecular formula is C26H26ClN3O5S. The monoisotopic (exact) mass is 527 g/mol. The predicted molar refractivity (Wildman–Crippen MR) is 139 cm³/mol. The SMILES string of the molecule is Cc1ccc(S(=O)(=O)Nc2ccc(C(=O)Nc3ccccc3C(=O)NCC3CCCO3)c(Cl)c2)cc1. The van der Waals surface area contributed by atoms with E-state index in [1.165, 1.54) is 30.3 Å². The fourth-order valence-corrected chi connectivity index (χ4v) is 5.10. The Bertz CT molecular complexity index is 1370. The fraction of sp³-hybridized carbons (Fsp3) is 0.231. The first-order chi connectivity index (χ1) is 17.2. The summed E-state index contributed by atoms with van der Waals surface area (Å²) in [5.41, 5.74) is 1.92. The van der Waals surface area contributed by atoms with Crippen molar-refractivity contribution in [3.8, 4) is 0 Å². The first kappa shape index (κ1) is 25.7. The van der Waals surface area contributed by atoms with Crippen LogP contribution in [-0.4, -0.2) is 39.5 Å². The minimum Gasteiger partial charge on any atom is -0.376 e. The van der Waals surface area contributed by atoms with Crippen LogP contribution >= 0.6 is 11.6 Å². The second kappa shape index (κ2) is 11.1. The summed E-state index contributed by atoms with van der Waals surface area (Å²) in [6.07, 6.45) is 1.87. The van der Waals surface area contributed by atoms with Crippen LogP contribution in [0.15, 0.2) is 71.6 Å². The van der Waals surface area contributed by atoms with E-state index in [1.54, 1.807) is 36.4 Å². The second-order valence-corrected chi connectivity index (χ2v) is 10.5. The van der Waals surface area contributed by atoms with Gasteiger partial charge >= 0.3 is 0 Å². The zero-order valence-corrected chi connectivity index (χ0v) is 21.2. The number of sulfonamides is 1. The molecule has 3 aromatic carbocycles. The van der Waals surface area contributed by atoms with Gasteiger partial charge in [-0.2, -0.15) is 0 Å². The van der Waals surface area contributed by atoms with Gasteiger partial charge in [0.05, 0.1) is 38.5 Å². The van der Waals surface area contributed by atoms with E-state index in [9.17, 15) is 18.0 Å². The molecule has 1 unspecified atom stereocenters. The van der Waals surface area contributed by atoms with Crippen molar-refractivity contribution < 1.29 is 22.7 Å². The van der Waals surface area contributed by atoms with Crippen LogP contribution in [0.1, 0.15) is 39.1 Å². The van der Waals surface area contributed by atoms with E-state index >= 15 is 0 Å². The predicted octanol–water partition coefficient (Wildman–Crippen LogP) is 4.61. The summed E-state index contributed by atoms with van der Waals surface area (Å²) < 4.78 is 33.3. The number of halogens is 1. The van der Waals surface area contributed by atoms with Gasteiger partial charge in [-0.1, -0.05) is 41.4 Å². The summed E-state index contributed by atoms with van der Waals surface area (Å²) in [6, 6.07) is 17.3. The fourth-order valence-electron chi connectivity index (χ4n) is 3.78. The Balaban J connectivity index is 1.45. The maximum atomic E-state index is 12.9. The van der Waals surface area contributed by atoms with E-state index in [2.05, 4.69) is 15.4 Å². The number of amides is 2. The Kier molecular flexibility index (Phi) is 7.93. The number of hydrogen-bond donors (Lipinski definition) is 3. The number of nitrogens with one attached hydrogen (secondary N) is 3. The van der Waals surface area contributed by atoms with Gasteiger partial charge in [0.1, 0.15) is 0 Å². The average molecular weight is 528 g/mol. The molecule has 1 aliphatic heterocycles. The van der Waals surface area contributed by atoms with Crippen molar-refractivity contribution in [3.63, 3.8) is 0 Å². The highest BCUT2D eigenvalue weighted by molar-refractivity contribution is 7.92. The first-order valence-corrected chi connectivity index (χ1v) is 13.3. The van der Waals surface area contributed by atoms with Crippen molar-refractivity contribution in [1.82, 2.24) is 5.32 Å². The normalized spacial score (nSPS) is 15.3. The van der Waals surface area contributed by atoms with E-state index in [-0.39, 0.29) is 33.2 Å². The van der Waals surface area contributed by atoms with E-state index in [4.69, 9.17) is 16.3 Å². The molecule has 3 N–H and O–H groups in total. The van der Waals surface area contributed by atoms with Gasteiger partial charge in [0.2, 0.25) is 0 Å². The molecule has 0 aliphatic carbocycles. The van der Waals surface area contributed by atoms with Gasteiger partial charge in [-0.25, -0.2) is 8.42 Å². The van der Waals surface area contributed by atoms with Gasteiger partial charge in [-0.3, -0.25) is 14.3 Å². The van der Waals surface area contributed by atoms with Crippen molar-refractivity contribution in [2.75, 3.05) is 23.2 Å². The highest BCUT2D eigenvalue weighted by Gasteiger charge is 2.20. The van der Waals surface area contributed by atoms with Crippen molar-refractivity contribution in [2.45, 2.75) is 30.8 Å². The standard InChI is InChI=1S/C26H26ClN3O5S/c1-17-8-11-20(12-9-17)36(33,34)30-18-10-13-21(23(27)15-18)26(32)29-24-7-3-2-6-22(24)25(31)28-16-19-5-4-14-35-19/h2-3,6-13,15,19,30H,4-5,14,16H2,1H3,(H,28,31)(H,29,32). The second-order valence-electron chi connectivity index (χ2n) is 8.46. The smallest absolute Gasteiger partial charge is 0.261 e. The number of carbonyl (C=O) groups is 2. The maximum absolute atomic E-state index is 12.9. The molecule has 0 radical (unpaired) electrons. The molecule has 1 saturated heterocycles. The zero-order valence-electron chi connectivity index (χ0n) is 19.6. The van der Waals surface area contributed by atoms with E-state index in [0.717, 1.165) is 18.4 Å². The van der Waals surface area contributed by atoms with Crippen LogP contribution in [0.2, 0.25) is 5.02 Å². The Morgan fingerprint density at radius 3 is 2.44 bits per heavy atom. The van der Waals surface area contributed by atoms with Crippen LogP contribution in [0.5, 0.6) is 0 Å². The van der Waals surface area contributed by atoms with Gasteiger partial charge in [-0.05, 0) is 62.2 Å². The Morgan fingerprint density at radius 2 is 1.75 bits per heavy atom. The molecule has 1 fully saturated rings. The molecule has 1 aliphatic rings. The quantitative estimate of drug-likeness (QED) is 0.396. The van der Waals surface area contributed by atoms with E-state index < -0.39 is 15.9 Å². The molecular weight excluding hydrogens is 502 g/mol. The number of carbonyl (C=O) groups excluding carboxylic acids is 2. The van der Waals surface area contributed by atoms with Crippen LogP contribution < -0.4 is 15.4 Å². The minimum atomic E-state index is -3.82. The Morgan fingerprint density at radius 1 is 1.00 bits per heavy atom. The Labute approximate surface area is 215 Å². The molecule has 3 aromatic rings. The number of ether oxygens (including phenoxy) is 1. The summed E-state index contributed by atoms with van der Waals surface area (Å²) in [6.45, 7) is 2.96. The molecule has 1 atom stereocenters. The highest BCUT2D eigenvalue weighted by atomic mass is 35.5. The minimum absolute atomic E-state index is 0.00328. The van der Waals surface area contributed by atoms with Crippen LogP contribution in [0.3, 0.4) is 0 Å². The third-order valence-corrected chi connectivity index (χ3v) is 7.44. The maximum Gasteiger partial charge on any atom is 0.261 e. The molecule has 0 aromatic heterocycles. The third-order valence-electron chi connectivity index (χ3n) is 5.73. The lowest BCUT2D eigenvalue weighted by atomic mass is 10.1. The summed E-state index contributed by atoms with van der Waals surface area (Å²) in [4.78, 5) is 25.8. The molecule has 36 heavy (non-hydrogen) atoms. The lowest BCUT2D eigenvalue weighted by Crippen LogP contribution is -2.32. The number of anilines is 2. The summed E-state index contributed by atoms with van der Waals surface area (Å²) in [5.74, 6) is -0.860. The molecule has 0 spiro atoms. The lowest BCUT2D eigenvalue weighted by molar-refractivity contribution is 0.0858. The number of benzene rings is 3.